The van der Waals surface area contributed by atoms with Gasteiger partial charge in [0.1, 0.15) is 6.07 Å². The zero-order chi connectivity index (χ0) is 13.2. The van der Waals surface area contributed by atoms with Crippen molar-refractivity contribution in [2.24, 2.45) is 0 Å². The van der Waals surface area contributed by atoms with E-state index in [4.69, 9.17) is 0 Å². The monoisotopic (exact) mass is 265 g/mol. The van der Waals surface area contributed by atoms with E-state index in [-0.39, 0.29) is 0 Å². The molecule has 0 saturated carbocycles. The number of thioether (sulfide) groups is 1. The summed E-state index contributed by atoms with van der Waals surface area (Å²) in [7, 11) is 0. The van der Waals surface area contributed by atoms with E-state index in [1.165, 1.54) is 0 Å². The summed E-state index contributed by atoms with van der Waals surface area (Å²) >= 11 is 1.57. The highest BCUT2D eigenvalue weighted by Crippen LogP contribution is 2.27. The van der Waals surface area contributed by atoms with Crippen LogP contribution < -0.4 is 0 Å². The molecule has 1 heterocycles. The van der Waals surface area contributed by atoms with E-state index in [0.29, 0.717) is 5.56 Å². The Labute approximate surface area is 115 Å². The van der Waals surface area contributed by atoms with Crippen molar-refractivity contribution in [3.05, 3.63) is 54.2 Å². The maximum Gasteiger partial charge on any atom is 0.103 e. The van der Waals surface area contributed by atoms with Crippen LogP contribution in [-0.4, -0.2) is 16.0 Å². The molecule has 3 nitrogen and oxygen atoms in total. The molecule has 0 aliphatic carbocycles. The molecule has 1 aromatic heterocycles. The van der Waals surface area contributed by atoms with Gasteiger partial charge in [-0.3, -0.25) is 0 Å². The van der Waals surface area contributed by atoms with Crippen LogP contribution in [-0.2, 0) is 0 Å². The summed E-state index contributed by atoms with van der Waals surface area (Å²) in [6.45, 7) is 0. The second-order valence-electron chi connectivity index (χ2n) is 4.08. The molecule has 0 bridgehead atoms. The molecule has 19 heavy (non-hydrogen) atoms. The van der Waals surface area contributed by atoms with Crippen molar-refractivity contribution < 1.29 is 0 Å². The molecule has 0 atom stereocenters. The number of hydrogen-bond donors (Lipinski definition) is 0. The molecule has 0 saturated heterocycles. The van der Waals surface area contributed by atoms with E-state index >= 15 is 0 Å². The maximum atomic E-state index is 9.40. The molecular weight excluding hydrogens is 254 g/mol. The first-order valence-corrected chi connectivity index (χ1v) is 7.08. The summed E-state index contributed by atoms with van der Waals surface area (Å²) in [5, 5.41) is 14.9. The normalized spacial score (nSPS) is 10.5. The first-order valence-electron chi connectivity index (χ1n) is 5.85. The predicted octanol–water partition coefficient (Wildman–Crippen LogP) is 3.62. The lowest BCUT2D eigenvalue weighted by Gasteiger charge is -2.08. The Hall–Kier alpha value is -2.25. The van der Waals surface area contributed by atoms with Crippen LogP contribution in [0.2, 0.25) is 0 Å². The summed E-state index contributed by atoms with van der Waals surface area (Å²) in [6.07, 6.45) is 3.80. The fraction of sp³-hybridized carbons (Fsp3) is 0.0667. The third kappa shape index (κ3) is 1.88. The summed E-state index contributed by atoms with van der Waals surface area (Å²) < 4.78 is 1.83. The van der Waals surface area contributed by atoms with Crippen molar-refractivity contribution in [2.75, 3.05) is 6.26 Å². The van der Waals surface area contributed by atoms with Crippen LogP contribution in [0.25, 0.3) is 16.6 Å². The third-order valence-electron chi connectivity index (χ3n) is 3.04. The highest BCUT2D eigenvalue weighted by molar-refractivity contribution is 7.98. The van der Waals surface area contributed by atoms with Gasteiger partial charge in [0.15, 0.2) is 0 Å². The Kier molecular flexibility index (Phi) is 2.98. The lowest BCUT2D eigenvalue weighted by molar-refractivity contribution is 0.902. The smallest absolute Gasteiger partial charge is 0.103 e. The first kappa shape index (κ1) is 11.8. The second kappa shape index (κ2) is 4.79. The van der Waals surface area contributed by atoms with Gasteiger partial charge < -0.3 is 0 Å². The zero-order valence-electron chi connectivity index (χ0n) is 10.4. The number of benzene rings is 2. The standard InChI is InChI=1S/C15H11N3S/c1-19-15-8-4-7-14(12(15)9-16)18-13-6-3-2-5-11(13)10-17-18/h2-8,10H,1H3. The van der Waals surface area contributed by atoms with Gasteiger partial charge in [-0.05, 0) is 24.5 Å². The zero-order valence-corrected chi connectivity index (χ0v) is 11.2. The van der Waals surface area contributed by atoms with Crippen LogP contribution in [0.15, 0.2) is 53.6 Å². The summed E-state index contributed by atoms with van der Waals surface area (Å²) in [6, 6.07) is 16.1. The molecule has 0 aliphatic rings. The largest absolute Gasteiger partial charge is 0.232 e. The van der Waals surface area contributed by atoms with Crippen molar-refractivity contribution in [1.82, 2.24) is 9.78 Å². The molecule has 0 fully saturated rings. The van der Waals surface area contributed by atoms with Crippen molar-refractivity contribution in [1.29, 1.82) is 5.26 Å². The molecule has 4 heteroatoms. The molecule has 0 unspecified atom stereocenters. The quantitative estimate of drug-likeness (QED) is 0.664. The topological polar surface area (TPSA) is 41.6 Å². The number of para-hydroxylation sites is 1. The van der Waals surface area contributed by atoms with Crippen LogP contribution in [0.3, 0.4) is 0 Å². The van der Waals surface area contributed by atoms with Crippen molar-refractivity contribution in [3.8, 4) is 11.8 Å². The highest BCUT2D eigenvalue weighted by Gasteiger charge is 2.11. The van der Waals surface area contributed by atoms with E-state index in [0.717, 1.165) is 21.5 Å². The number of aromatic nitrogens is 2. The van der Waals surface area contributed by atoms with Gasteiger partial charge in [0.2, 0.25) is 0 Å². The van der Waals surface area contributed by atoms with Crippen LogP contribution in [0, 0.1) is 11.3 Å². The number of hydrogen-bond acceptors (Lipinski definition) is 3. The van der Waals surface area contributed by atoms with Gasteiger partial charge in [0.25, 0.3) is 0 Å². The number of nitriles is 1. The van der Waals surface area contributed by atoms with Crippen LogP contribution in [0.5, 0.6) is 0 Å². The molecule has 0 radical (unpaired) electrons. The summed E-state index contributed by atoms with van der Waals surface area (Å²) in [4.78, 5) is 0.972. The SMILES string of the molecule is CSc1cccc(-n2ncc3ccccc32)c1C#N. The molecule has 0 amide bonds. The Morgan fingerprint density at radius 3 is 2.79 bits per heavy atom. The predicted molar refractivity (Wildman–Crippen MR) is 77.6 cm³/mol. The lowest BCUT2D eigenvalue weighted by Crippen LogP contribution is -2.00. The molecule has 3 aromatic rings. The Bertz CT molecular complexity index is 783. The van der Waals surface area contributed by atoms with Gasteiger partial charge in [-0.2, -0.15) is 10.4 Å². The third-order valence-corrected chi connectivity index (χ3v) is 3.82. The minimum absolute atomic E-state index is 0.670. The fourth-order valence-corrected chi connectivity index (χ4v) is 2.71. The van der Waals surface area contributed by atoms with E-state index in [9.17, 15) is 5.26 Å². The van der Waals surface area contributed by atoms with E-state index in [1.54, 1.807) is 11.8 Å². The van der Waals surface area contributed by atoms with Gasteiger partial charge in [-0.1, -0.05) is 24.3 Å². The van der Waals surface area contributed by atoms with Gasteiger partial charge in [-0.15, -0.1) is 11.8 Å². The molecule has 0 N–H and O–H groups in total. The Morgan fingerprint density at radius 1 is 1.16 bits per heavy atom. The Morgan fingerprint density at radius 2 is 2.00 bits per heavy atom. The number of fused-ring (bicyclic) bond motifs is 1. The van der Waals surface area contributed by atoms with E-state index < -0.39 is 0 Å². The second-order valence-corrected chi connectivity index (χ2v) is 4.93. The van der Waals surface area contributed by atoms with E-state index in [2.05, 4.69) is 11.2 Å². The Balaban J connectivity index is 2.31. The van der Waals surface area contributed by atoms with Crippen LogP contribution in [0.1, 0.15) is 5.56 Å². The van der Waals surface area contributed by atoms with Gasteiger partial charge in [-0.25, -0.2) is 4.68 Å². The molecule has 92 valence electrons. The van der Waals surface area contributed by atoms with Crippen molar-refractivity contribution in [3.63, 3.8) is 0 Å². The van der Waals surface area contributed by atoms with Crippen molar-refractivity contribution in [2.45, 2.75) is 4.90 Å². The summed E-state index contributed by atoms with van der Waals surface area (Å²) in [5.74, 6) is 0. The minimum Gasteiger partial charge on any atom is -0.232 e. The molecule has 3 rings (SSSR count). The lowest BCUT2D eigenvalue weighted by atomic mass is 10.2. The summed E-state index contributed by atoms with van der Waals surface area (Å²) in [5.41, 5.74) is 2.51. The maximum absolute atomic E-state index is 9.40. The average Bonchev–Trinajstić information content (AvgIpc) is 2.90. The van der Waals surface area contributed by atoms with Crippen LogP contribution >= 0.6 is 11.8 Å². The van der Waals surface area contributed by atoms with Crippen LogP contribution in [0.4, 0.5) is 0 Å². The number of rotatable bonds is 2. The minimum atomic E-state index is 0.670. The first-order chi connectivity index (χ1) is 9.35. The average molecular weight is 265 g/mol. The van der Waals surface area contributed by atoms with Gasteiger partial charge >= 0.3 is 0 Å². The van der Waals surface area contributed by atoms with Gasteiger partial charge in [0, 0.05) is 10.3 Å². The molecule has 2 aromatic carbocycles. The van der Waals surface area contributed by atoms with E-state index in [1.807, 2.05) is 59.6 Å². The molecule has 0 aliphatic heterocycles. The van der Waals surface area contributed by atoms with Gasteiger partial charge in [0.05, 0.1) is 23.0 Å². The van der Waals surface area contributed by atoms with Crippen molar-refractivity contribution >= 4 is 22.7 Å². The molecule has 0 spiro atoms. The number of nitrogens with zero attached hydrogens (tertiary/aromatic N) is 3. The fourth-order valence-electron chi connectivity index (χ4n) is 2.14. The molecular formula is C15H11N3S. The highest BCUT2D eigenvalue weighted by atomic mass is 32.2.